The lowest BCUT2D eigenvalue weighted by Crippen LogP contribution is -2.52. The van der Waals surface area contributed by atoms with Crippen LogP contribution in [0, 0.1) is 0 Å². The second-order valence-electron chi connectivity index (χ2n) is 8.99. The van der Waals surface area contributed by atoms with Crippen molar-refractivity contribution in [2.45, 2.75) is 49.5 Å². The van der Waals surface area contributed by atoms with Crippen molar-refractivity contribution in [3.63, 3.8) is 0 Å². The first-order chi connectivity index (χ1) is 15.9. The monoisotopic (exact) mass is 478 g/mol. The van der Waals surface area contributed by atoms with Gasteiger partial charge in [-0.05, 0) is 49.9 Å². The van der Waals surface area contributed by atoms with E-state index >= 15 is 0 Å². The maximum absolute atomic E-state index is 12.9. The molecular formula is C23H34N4O5S. The van der Waals surface area contributed by atoms with Gasteiger partial charge in [-0.25, -0.2) is 8.42 Å². The molecule has 1 aromatic rings. The van der Waals surface area contributed by atoms with Gasteiger partial charge in [0.05, 0.1) is 11.4 Å². The molecule has 0 bridgehead atoms. The van der Waals surface area contributed by atoms with E-state index in [1.54, 1.807) is 28.6 Å². The fourth-order valence-electron chi connectivity index (χ4n) is 4.65. The Balaban J connectivity index is 1.25. The largest absolute Gasteiger partial charge is 0.368 e. The van der Waals surface area contributed by atoms with Crippen LogP contribution in [-0.4, -0.2) is 92.9 Å². The zero-order chi connectivity index (χ0) is 23.3. The molecule has 182 valence electrons. The van der Waals surface area contributed by atoms with Gasteiger partial charge in [-0.3, -0.25) is 14.5 Å². The Bertz CT molecular complexity index is 915. The van der Waals surface area contributed by atoms with E-state index in [0.29, 0.717) is 51.6 Å². The summed E-state index contributed by atoms with van der Waals surface area (Å²) in [6.07, 6.45) is 5.34. The normalized spacial score (nSPS) is 23.3. The summed E-state index contributed by atoms with van der Waals surface area (Å²) in [6, 6.07) is 6.40. The summed E-state index contributed by atoms with van der Waals surface area (Å²) >= 11 is 0. The van der Waals surface area contributed by atoms with Crippen molar-refractivity contribution >= 4 is 27.5 Å². The first-order valence-electron chi connectivity index (χ1n) is 12.0. The van der Waals surface area contributed by atoms with Crippen molar-refractivity contribution in [3.8, 4) is 0 Å². The number of sulfonamides is 1. The maximum Gasteiger partial charge on any atom is 0.251 e. The highest BCUT2D eigenvalue weighted by Gasteiger charge is 2.30. The van der Waals surface area contributed by atoms with Crippen molar-refractivity contribution in [2.24, 2.45) is 0 Å². The van der Waals surface area contributed by atoms with E-state index in [9.17, 15) is 18.0 Å². The van der Waals surface area contributed by atoms with Crippen LogP contribution in [0.25, 0.3) is 0 Å². The highest BCUT2D eigenvalue weighted by Crippen LogP contribution is 2.22. The summed E-state index contributed by atoms with van der Waals surface area (Å²) < 4.78 is 32.8. The van der Waals surface area contributed by atoms with E-state index in [-0.39, 0.29) is 29.4 Å². The van der Waals surface area contributed by atoms with Gasteiger partial charge in [0.2, 0.25) is 15.9 Å². The molecule has 4 rings (SSSR count). The van der Waals surface area contributed by atoms with E-state index in [4.69, 9.17) is 4.74 Å². The molecule has 1 aromatic carbocycles. The molecule has 9 nitrogen and oxygen atoms in total. The number of anilines is 1. The molecule has 1 N–H and O–H groups in total. The third-order valence-electron chi connectivity index (χ3n) is 6.60. The Morgan fingerprint density at radius 1 is 0.909 bits per heavy atom. The molecule has 10 heteroatoms. The van der Waals surface area contributed by atoms with Crippen molar-refractivity contribution in [2.75, 3.05) is 57.7 Å². The number of hydrogen-bond donors (Lipinski definition) is 1. The quantitative estimate of drug-likeness (QED) is 0.666. The Labute approximate surface area is 196 Å². The van der Waals surface area contributed by atoms with Crippen LogP contribution in [0.15, 0.2) is 29.2 Å². The topological polar surface area (TPSA) is 99.3 Å². The third kappa shape index (κ3) is 6.11. The number of carbonyl (C=O) groups excluding carboxylic acids is 2. The Kier molecular flexibility index (Phi) is 8.00. The van der Waals surface area contributed by atoms with Crippen LogP contribution in [0.3, 0.4) is 0 Å². The average molecular weight is 479 g/mol. The molecule has 3 aliphatic heterocycles. The van der Waals surface area contributed by atoms with Gasteiger partial charge in [-0.1, -0.05) is 12.8 Å². The van der Waals surface area contributed by atoms with Gasteiger partial charge in [0, 0.05) is 51.6 Å². The van der Waals surface area contributed by atoms with Crippen molar-refractivity contribution in [3.05, 3.63) is 24.3 Å². The molecule has 0 aromatic heterocycles. The minimum absolute atomic E-state index is 0.0619. The van der Waals surface area contributed by atoms with Crippen molar-refractivity contribution in [1.29, 1.82) is 0 Å². The maximum atomic E-state index is 12.9. The molecule has 0 radical (unpaired) electrons. The number of ether oxygens (including phenoxy) is 1. The van der Waals surface area contributed by atoms with Crippen LogP contribution in [0.2, 0.25) is 0 Å². The number of carbonyl (C=O) groups is 2. The van der Waals surface area contributed by atoms with Crippen LogP contribution in [0.1, 0.15) is 38.5 Å². The molecule has 3 heterocycles. The van der Waals surface area contributed by atoms with Crippen molar-refractivity contribution < 1.29 is 22.7 Å². The zero-order valence-corrected chi connectivity index (χ0v) is 19.9. The van der Waals surface area contributed by atoms with Crippen LogP contribution < -0.4 is 5.32 Å². The lowest BCUT2D eigenvalue weighted by molar-refractivity contribution is -0.142. The van der Waals surface area contributed by atoms with Crippen LogP contribution in [-0.2, 0) is 24.3 Å². The molecule has 0 spiro atoms. The van der Waals surface area contributed by atoms with Gasteiger partial charge in [0.1, 0.15) is 6.10 Å². The fourth-order valence-corrected chi connectivity index (χ4v) is 6.16. The fraction of sp³-hybridized carbons (Fsp3) is 0.652. The lowest BCUT2D eigenvalue weighted by Gasteiger charge is -2.35. The highest BCUT2D eigenvalue weighted by atomic mass is 32.2. The van der Waals surface area contributed by atoms with Gasteiger partial charge in [0.25, 0.3) is 5.91 Å². The standard InChI is InChI=1S/C23H34N4O5S/c28-22(18-25-13-15-26(16-14-25)23(29)21-6-5-17-32-21)24-19-7-9-20(10-8-19)33(30,31)27-11-3-1-2-4-12-27/h7-10,21H,1-6,11-18H2,(H,24,28). The summed E-state index contributed by atoms with van der Waals surface area (Å²) in [6.45, 7) is 4.47. The summed E-state index contributed by atoms with van der Waals surface area (Å²) in [4.78, 5) is 29.0. The first kappa shape index (κ1) is 24.1. The molecule has 2 amide bonds. The molecule has 3 fully saturated rings. The van der Waals surface area contributed by atoms with E-state index in [0.717, 1.165) is 38.5 Å². The predicted molar refractivity (Wildman–Crippen MR) is 124 cm³/mol. The van der Waals surface area contributed by atoms with E-state index in [2.05, 4.69) is 5.32 Å². The Morgan fingerprint density at radius 2 is 1.58 bits per heavy atom. The SMILES string of the molecule is O=C(CN1CCN(C(=O)C2CCCO2)CC1)Nc1ccc(S(=O)(=O)N2CCCCCC2)cc1. The number of hydrogen-bond acceptors (Lipinski definition) is 6. The van der Waals surface area contributed by atoms with Gasteiger partial charge in [-0.15, -0.1) is 0 Å². The summed E-state index contributed by atoms with van der Waals surface area (Å²) in [5.74, 6) is -0.0937. The van der Waals surface area contributed by atoms with E-state index < -0.39 is 10.0 Å². The minimum Gasteiger partial charge on any atom is -0.368 e. The minimum atomic E-state index is -3.50. The second kappa shape index (κ2) is 10.9. The van der Waals surface area contributed by atoms with Crippen molar-refractivity contribution in [1.82, 2.24) is 14.1 Å². The van der Waals surface area contributed by atoms with Crippen LogP contribution in [0.5, 0.6) is 0 Å². The number of nitrogens with zero attached hydrogens (tertiary/aromatic N) is 3. The first-order valence-corrected chi connectivity index (χ1v) is 13.4. The summed E-state index contributed by atoms with van der Waals surface area (Å²) in [7, 11) is -3.50. The number of benzene rings is 1. The van der Waals surface area contributed by atoms with Gasteiger partial charge < -0.3 is 15.0 Å². The molecule has 1 atom stereocenters. The smallest absolute Gasteiger partial charge is 0.251 e. The van der Waals surface area contributed by atoms with Crippen LogP contribution in [0.4, 0.5) is 5.69 Å². The number of piperazine rings is 1. The molecule has 1 unspecified atom stereocenters. The zero-order valence-electron chi connectivity index (χ0n) is 19.1. The second-order valence-corrected chi connectivity index (χ2v) is 10.9. The van der Waals surface area contributed by atoms with Crippen LogP contribution >= 0.6 is 0 Å². The molecule has 3 aliphatic rings. The summed E-state index contributed by atoms with van der Waals surface area (Å²) in [5.41, 5.74) is 0.571. The molecule has 0 saturated carbocycles. The van der Waals surface area contributed by atoms with Gasteiger partial charge >= 0.3 is 0 Å². The highest BCUT2D eigenvalue weighted by molar-refractivity contribution is 7.89. The Morgan fingerprint density at radius 3 is 2.18 bits per heavy atom. The molecular weight excluding hydrogens is 444 g/mol. The Hall–Kier alpha value is -2.01. The summed E-state index contributed by atoms with van der Waals surface area (Å²) in [5, 5.41) is 2.85. The number of rotatable bonds is 6. The van der Waals surface area contributed by atoms with Gasteiger partial charge in [-0.2, -0.15) is 4.31 Å². The van der Waals surface area contributed by atoms with Gasteiger partial charge in [0.15, 0.2) is 0 Å². The number of nitrogens with one attached hydrogen (secondary N) is 1. The predicted octanol–water partition coefficient (Wildman–Crippen LogP) is 1.51. The van der Waals surface area contributed by atoms with E-state index in [1.165, 1.54) is 0 Å². The molecule has 33 heavy (non-hydrogen) atoms. The molecule has 3 saturated heterocycles. The number of amides is 2. The third-order valence-corrected chi connectivity index (χ3v) is 8.51. The van der Waals surface area contributed by atoms with E-state index in [1.807, 2.05) is 9.80 Å². The molecule has 0 aliphatic carbocycles. The lowest BCUT2D eigenvalue weighted by atomic mass is 10.2. The average Bonchev–Trinajstić information content (AvgIpc) is 3.21.